The predicted octanol–water partition coefficient (Wildman–Crippen LogP) is 4.83. The van der Waals surface area contributed by atoms with Crippen molar-refractivity contribution in [1.82, 2.24) is 0 Å². The van der Waals surface area contributed by atoms with Crippen LogP contribution in [0.1, 0.15) is 15.9 Å². The van der Waals surface area contributed by atoms with Crippen molar-refractivity contribution in [1.29, 1.82) is 0 Å². The van der Waals surface area contributed by atoms with E-state index in [0.29, 0.717) is 27.5 Å². The summed E-state index contributed by atoms with van der Waals surface area (Å²) in [5.41, 5.74) is 1.91. The molecule has 0 N–H and O–H groups in total. The van der Waals surface area contributed by atoms with Crippen LogP contribution in [0.5, 0.6) is 0 Å². The molecule has 0 unspecified atom stereocenters. The van der Waals surface area contributed by atoms with Crippen molar-refractivity contribution >= 4 is 52.0 Å². The van der Waals surface area contributed by atoms with Crippen LogP contribution in [0.15, 0.2) is 53.5 Å². The third-order valence-corrected chi connectivity index (χ3v) is 4.00. The van der Waals surface area contributed by atoms with Crippen molar-refractivity contribution in [2.45, 2.75) is 4.33 Å². The van der Waals surface area contributed by atoms with Crippen molar-refractivity contribution in [3.63, 3.8) is 0 Å². The number of alkyl halides is 2. The van der Waals surface area contributed by atoms with E-state index in [1.54, 1.807) is 12.1 Å². The molecule has 100 valence electrons. The van der Waals surface area contributed by atoms with Crippen LogP contribution in [0, 0.1) is 0 Å². The molecule has 0 saturated carbocycles. The van der Waals surface area contributed by atoms with E-state index in [0.717, 1.165) is 0 Å². The van der Waals surface area contributed by atoms with Crippen molar-refractivity contribution in [2.24, 2.45) is 4.99 Å². The number of ketones is 1. The minimum absolute atomic E-state index is 0.334. The highest BCUT2D eigenvalue weighted by Gasteiger charge is 2.44. The third kappa shape index (κ3) is 2.14. The summed E-state index contributed by atoms with van der Waals surface area (Å²) in [5, 5.41) is 0.444. The van der Waals surface area contributed by atoms with Gasteiger partial charge in [-0.2, -0.15) is 0 Å². The lowest BCUT2D eigenvalue weighted by Gasteiger charge is -2.26. The zero-order chi connectivity index (χ0) is 14.3. The Balaban J connectivity index is 2.24. The molecule has 0 bridgehead atoms. The molecule has 2 aromatic carbocycles. The number of benzene rings is 2. The molecule has 1 aliphatic rings. The SMILES string of the molecule is O=C1c2cc(Cl)ccc2N=C(c2ccccc2)C1(Cl)Cl. The predicted molar refractivity (Wildman–Crippen MR) is 82.9 cm³/mol. The van der Waals surface area contributed by atoms with E-state index in [1.165, 1.54) is 6.07 Å². The molecule has 0 aromatic heterocycles. The van der Waals surface area contributed by atoms with Gasteiger partial charge < -0.3 is 0 Å². The number of Topliss-reactive ketones (excluding diaryl/α,β-unsaturated/α-hetero) is 1. The lowest BCUT2D eigenvalue weighted by molar-refractivity contribution is 0.0992. The first kappa shape index (κ1) is 13.6. The van der Waals surface area contributed by atoms with E-state index in [-0.39, 0.29) is 0 Å². The maximum atomic E-state index is 12.5. The largest absolute Gasteiger partial charge is 0.290 e. The Labute approximate surface area is 131 Å². The van der Waals surface area contributed by atoms with Crippen LogP contribution in [0.25, 0.3) is 0 Å². The number of aliphatic imine (C=N–C) groups is 1. The Morgan fingerprint density at radius 3 is 2.40 bits per heavy atom. The average molecular weight is 325 g/mol. The molecule has 20 heavy (non-hydrogen) atoms. The van der Waals surface area contributed by atoms with Gasteiger partial charge in [-0.05, 0) is 23.8 Å². The maximum absolute atomic E-state index is 12.5. The second kappa shape index (κ2) is 4.88. The molecule has 0 fully saturated rings. The molecule has 1 aliphatic heterocycles. The van der Waals surface area contributed by atoms with Gasteiger partial charge >= 0.3 is 0 Å². The Morgan fingerprint density at radius 1 is 1.00 bits per heavy atom. The van der Waals surface area contributed by atoms with Crippen molar-refractivity contribution < 1.29 is 4.79 Å². The van der Waals surface area contributed by atoms with Crippen molar-refractivity contribution in [2.75, 3.05) is 0 Å². The number of halogens is 3. The number of carbonyl (C=O) groups is 1. The summed E-state index contributed by atoms with van der Waals surface area (Å²) in [6.45, 7) is 0. The lowest BCUT2D eigenvalue weighted by Crippen LogP contribution is -2.38. The Bertz CT molecular complexity index is 723. The summed E-state index contributed by atoms with van der Waals surface area (Å²) in [6.07, 6.45) is 0. The number of hydrogen-bond donors (Lipinski definition) is 0. The van der Waals surface area contributed by atoms with E-state index in [2.05, 4.69) is 4.99 Å². The summed E-state index contributed by atoms with van der Waals surface area (Å²) in [5.74, 6) is -0.410. The smallest absolute Gasteiger partial charge is 0.222 e. The second-order valence-electron chi connectivity index (χ2n) is 4.39. The Morgan fingerprint density at radius 2 is 1.70 bits per heavy atom. The van der Waals surface area contributed by atoms with Crippen LogP contribution in [-0.2, 0) is 0 Å². The first-order valence-corrected chi connectivity index (χ1v) is 7.00. The number of hydrogen-bond acceptors (Lipinski definition) is 2. The Hall–Kier alpha value is -1.35. The minimum atomic E-state index is -1.71. The van der Waals surface area contributed by atoms with Crippen molar-refractivity contribution in [3.8, 4) is 0 Å². The molecular formula is C15H8Cl3NO. The van der Waals surface area contributed by atoms with Crippen LogP contribution in [0.2, 0.25) is 5.02 Å². The average Bonchev–Trinajstić information content (AvgIpc) is 2.44. The fourth-order valence-electron chi connectivity index (χ4n) is 2.10. The zero-order valence-corrected chi connectivity index (χ0v) is 12.4. The summed E-state index contributed by atoms with van der Waals surface area (Å²) in [7, 11) is 0. The summed E-state index contributed by atoms with van der Waals surface area (Å²) >= 11 is 18.4. The topological polar surface area (TPSA) is 29.4 Å². The number of nitrogens with zero attached hydrogens (tertiary/aromatic N) is 1. The van der Waals surface area contributed by atoms with Gasteiger partial charge in [0.15, 0.2) is 0 Å². The molecule has 1 heterocycles. The van der Waals surface area contributed by atoms with E-state index >= 15 is 0 Å². The van der Waals surface area contributed by atoms with E-state index < -0.39 is 10.1 Å². The van der Waals surface area contributed by atoms with Crippen molar-refractivity contribution in [3.05, 3.63) is 64.7 Å². The highest BCUT2D eigenvalue weighted by Crippen LogP contribution is 2.40. The maximum Gasteiger partial charge on any atom is 0.222 e. The quantitative estimate of drug-likeness (QED) is 0.691. The molecule has 0 saturated heterocycles. The normalized spacial score (nSPS) is 16.6. The van der Waals surface area contributed by atoms with Crippen LogP contribution in [-0.4, -0.2) is 15.8 Å². The first-order valence-electron chi connectivity index (χ1n) is 5.87. The van der Waals surface area contributed by atoms with E-state index in [4.69, 9.17) is 34.8 Å². The Kier molecular flexibility index (Phi) is 3.33. The number of rotatable bonds is 1. The zero-order valence-electron chi connectivity index (χ0n) is 10.1. The molecular weight excluding hydrogens is 317 g/mol. The van der Waals surface area contributed by atoms with E-state index in [1.807, 2.05) is 30.3 Å². The fraction of sp³-hybridized carbons (Fsp3) is 0.0667. The molecule has 0 amide bonds. The summed E-state index contributed by atoms with van der Waals surface area (Å²) in [4.78, 5) is 16.9. The van der Waals surface area contributed by atoms with Gasteiger partial charge in [-0.1, -0.05) is 65.1 Å². The monoisotopic (exact) mass is 323 g/mol. The number of carbonyl (C=O) groups excluding carboxylic acids is 1. The van der Waals surface area contributed by atoms with Crippen LogP contribution >= 0.6 is 34.8 Å². The van der Waals surface area contributed by atoms with Gasteiger partial charge in [0.1, 0.15) is 0 Å². The molecule has 5 heteroatoms. The van der Waals surface area contributed by atoms with Gasteiger partial charge in [-0.3, -0.25) is 4.79 Å². The fourth-order valence-corrected chi connectivity index (χ4v) is 2.78. The molecule has 0 atom stereocenters. The van der Waals surface area contributed by atoms with E-state index in [9.17, 15) is 4.79 Å². The lowest BCUT2D eigenvalue weighted by atomic mass is 9.95. The van der Waals surface area contributed by atoms with Crippen LogP contribution in [0.4, 0.5) is 5.69 Å². The standard InChI is InChI=1S/C15H8Cl3NO/c16-10-6-7-12-11(8-10)14(20)15(17,18)13(19-12)9-4-2-1-3-5-9/h1-8H. The highest BCUT2D eigenvalue weighted by molar-refractivity contribution is 6.72. The summed E-state index contributed by atoms with van der Waals surface area (Å²) in [6, 6.07) is 14.1. The number of fused-ring (bicyclic) bond motifs is 1. The van der Waals surface area contributed by atoms with Gasteiger partial charge in [-0.15, -0.1) is 0 Å². The third-order valence-electron chi connectivity index (χ3n) is 3.07. The molecule has 0 aliphatic carbocycles. The van der Waals surface area contributed by atoms with Crippen LogP contribution in [0.3, 0.4) is 0 Å². The van der Waals surface area contributed by atoms with Gasteiger partial charge in [0.25, 0.3) is 0 Å². The van der Waals surface area contributed by atoms with Gasteiger partial charge in [0.05, 0.1) is 11.4 Å². The van der Waals surface area contributed by atoms with Gasteiger partial charge in [0, 0.05) is 10.6 Å². The summed E-state index contributed by atoms with van der Waals surface area (Å²) < 4.78 is -1.71. The molecule has 3 rings (SSSR count). The van der Waals surface area contributed by atoms with Gasteiger partial charge in [0.2, 0.25) is 10.1 Å². The van der Waals surface area contributed by atoms with Gasteiger partial charge in [-0.25, -0.2) is 4.99 Å². The highest BCUT2D eigenvalue weighted by atomic mass is 35.5. The molecule has 2 aromatic rings. The van der Waals surface area contributed by atoms with Crippen LogP contribution < -0.4 is 0 Å². The second-order valence-corrected chi connectivity index (χ2v) is 6.16. The molecule has 0 spiro atoms. The molecule has 0 radical (unpaired) electrons. The minimum Gasteiger partial charge on any atom is -0.290 e. The molecule has 2 nitrogen and oxygen atoms in total. The first-order chi connectivity index (χ1) is 9.50.